The highest BCUT2D eigenvalue weighted by Gasteiger charge is 2.21. The molecule has 0 spiro atoms. The molecule has 1 aliphatic rings. The fraction of sp³-hybridized carbons (Fsp3) is 0.588. The number of para-hydroxylation sites is 1. The maximum atomic E-state index is 9.20. The van der Waals surface area contributed by atoms with Crippen molar-refractivity contribution in [2.75, 3.05) is 31.1 Å². The van der Waals surface area contributed by atoms with Crippen LogP contribution in [0.15, 0.2) is 24.3 Å². The van der Waals surface area contributed by atoms with Crippen LogP contribution in [-0.2, 0) is 0 Å². The number of hydrogen-bond acceptors (Lipinski definition) is 4. The number of hydrogen-bond donors (Lipinski definition) is 2. The van der Waals surface area contributed by atoms with Crippen LogP contribution < -0.4 is 16.0 Å². The van der Waals surface area contributed by atoms with Crippen LogP contribution in [0.4, 0.5) is 5.69 Å². The van der Waals surface area contributed by atoms with Crippen molar-refractivity contribution in [1.29, 1.82) is 5.26 Å². The van der Waals surface area contributed by atoms with Crippen LogP contribution in [-0.4, -0.2) is 32.2 Å². The summed E-state index contributed by atoms with van der Waals surface area (Å²) in [5.41, 5.74) is 7.60. The van der Waals surface area contributed by atoms with Crippen LogP contribution in [0, 0.1) is 17.2 Å². The molecule has 0 aliphatic carbocycles. The molecule has 0 amide bonds. The number of benzene rings is 1. The Labute approximate surface area is 127 Å². The first kappa shape index (κ1) is 15.8. The fourth-order valence-electron chi connectivity index (χ4n) is 2.90. The molecule has 1 saturated heterocycles. The summed E-state index contributed by atoms with van der Waals surface area (Å²) in [5.74, 6) is 0.586. The molecular formula is C17H26N4. The van der Waals surface area contributed by atoms with Gasteiger partial charge in [-0.15, -0.1) is 0 Å². The number of nitrogens with zero attached hydrogens (tertiary/aromatic N) is 2. The van der Waals surface area contributed by atoms with E-state index < -0.39 is 0 Å². The normalized spacial score (nSPS) is 17.5. The van der Waals surface area contributed by atoms with Crippen molar-refractivity contribution in [2.24, 2.45) is 11.7 Å². The SMILES string of the molecule is CCC(CN)CNC1CCN(c2ccccc2C#N)CC1. The van der Waals surface area contributed by atoms with Crippen molar-refractivity contribution in [3.8, 4) is 6.07 Å². The number of rotatable bonds is 6. The third kappa shape index (κ3) is 4.20. The van der Waals surface area contributed by atoms with Gasteiger partial charge in [0.15, 0.2) is 0 Å². The first-order chi connectivity index (χ1) is 10.3. The smallest absolute Gasteiger partial charge is 0.101 e. The average Bonchev–Trinajstić information content (AvgIpc) is 2.56. The quantitative estimate of drug-likeness (QED) is 0.840. The second kappa shape index (κ2) is 8.02. The zero-order chi connectivity index (χ0) is 15.1. The lowest BCUT2D eigenvalue weighted by molar-refractivity contribution is 0.372. The minimum atomic E-state index is 0.580. The maximum Gasteiger partial charge on any atom is 0.101 e. The Kier molecular flexibility index (Phi) is 6.04. The maximum absolute atomic E-state index is 9.20. The molecule has 0 bridgehead atoms. The molecule has 114 valence electrons. The molecule has 1 fully saturated rings. The Morgan fingerprint density at radius 1 is 1.38 bits per heavy atom. The first-order valence-corrected chi connectivity index (χ1v) is 7.96. The number of nitrogens with one attached hydrogen (secondary N) is 1. The Morgan fingerprint density at radius 3 is 2.71 bits per heavy atom. The largest absolute Gasteiger partial charge is 0.370 e. The van der Waals surface area contributed by atoms with Crippen molar-refractivity contribution < 1.29 is 0 Å². The highest BCUT2D eigenvalue weighted by atomic mass is 15.1. The van der Waals surface area contributed by atoms with E-state index in [9.17, 15) is 5.26 Å². The predicted molar refractivity (Wildman–Crippen MR) is 87.2 cm³/mol. The van der Waals surface area contributed by atoms with Crippen LogP contribution >= 0.6 is 0 Å². The van der Waals surface area contributed by atoms with Crippen LogP contribution in [0.3, 0.4) is 0 Å². The van der Waals surface area contributed by atoms with E-state index in [4.69, 9.17) is 5.73 Å². The topological polar surface area (TPSA) is 65.1 Å². The van der Waals surface area contributed by atoms with Gasteiger partial charge >= 0.3 is 0 Å². The Morgan fingerprint density at radius 2 is 2.10 bits per heavy atom. The minimum Gasteiger partial charge on any atom is -0.370 e. The number of piperidine rings is 1. The van der Waals surface area contributed by atoms with Gasteiger partial charge in [0.1, 0.15) is 6.07 Å². The van der Waals surface area contributed by atoms with Gasteiger partial charge in [-0.2, -0.15) is 5.26 Å². The standard InChI is InChI=1S/C17H26N4/c1-2-14(11-18)13-20-16-7-9-21(10-8-16)17-6-4-3-5-15(17)12-19/h3-6,14,16,20H,2,7-11,13,18H2,1H3. The second-order valence-electron chi connectivity index (χ2n) is 5.81. The number of nitrogens with two attached hydrogens (primary N) is 1. The molecule has 1 heterocycles. The lowest BCUT2D eigenvalue weighted by Crippen LogP contribution is -2.44. The molecule has 0 radical (unpaired) electrons. The van der Waals surface area contributed by atoms with E-state index in [0.29, 0.717) is 12.0 Å². The zero-order valence-electron chi connectivity index (χ0n) is 12.9. The molecule has 4 heteroatoms. The molecule has 21 heavy (non-hydrogen) atoms. The predicted octanol–water partition coefficient (Wildman–Crippen LogP) is 2.10. The van der Waals surface area contributed by atoms with Crippen LogP contribution in [0.1, 0.15) is 31.7 Å². The molecule has 0 saturated carbocycles. The van der Waals surface area contributed by atoms with Crippen molar-refractivity contribution in [3.63, 3.8) is 0 Å². The van der Waals surface area contributed by atoms with Crippen LogP contribution in [0.5, 0.6) is 0 Å². The van der Waals surface area contributed by atoms with Gasteiger partial charge in [0, 0.05) is 19.1 Å². The van der Waals surface area contributed by atoms with E-state index in [1.165, 1.54) is 0 Å². The van der Waals surface area contributed by atoms with Gasteiger partial charge < -0.3 is 16.0 Å². The lowest BCUT2D eigenvalue weighted by Gasteiger charge is -2.35. The molecule has 1 aromatic carbocycles. The number of nitriles is 1. The van der Waals surface area contributed by atoms with Crippen molar-refractivity contribution in [1.82, 2.24) is 5.32 Å². The van der Waals surface area contributed by atoms with Gasteiger partial charge in [-0.1, -0.05) is 25.5 Å². The van der Waals surface area contributed by atoms with Crippen LogP contribution in [0.2, 0.25) is 0 Å². The van der Waals surface area contributed by atoms with Gasteiger partial charge in [-0.25, -0.2) is 0 Å². The summed E-state index contributed by atoms with van der Waals surface area (Å²) in [6.07, 6.45) is 3.39. The molecule has 1 atom stereocenters. The van der Waals surface area contributed by atoms with E-state index >= 15 is 0 Å². The molecule has 4 nitrogen and oxygen atoms in total. The van der Waals surface area contributed by atoms with Crippen molar-refractivity contribution >= 4 is 5.69 Å². The second-order valence-corrected chi connectivity index (χ2v) is 5.81. The van der Waals surface area contributed by atoms with E-state index in [0.717, 1.165) is 56.7 Å². The van der Waals surface area contributed by atoms with Crippen LogP contribution in [0.25, 0.3) is 0 Å². The summed E-state index contributed by atoms with van der Waals surface area (Å²) in [4.78, 5) is 2.33. The molecule has 1 unspecified atom stereocenters. The molecule has 3 N–H and O–H groups in total. The highest BCUT2D eigenvalue weighted by molar-refractivity contribution is 5.59. The third-order valence-corrected chi connectivity index (χ3v) is 4.47. The van der Waals surface area contributed by atoms with E-state index in [2.05, 4.69) is 23.2 Å². The summed E-state index contributed by atoms with van der Waals surface area (Å²) in [5, 5.41) is 12.9. The summed E-state index contributed by atoms with van der Waals surface area (Å²) < 4.78 is 0. The summed E-state index contributed by atoms with van der Waals surface area (Å²) in [6.45, 7) is 6.00. The van der Waals surface area contributed by atoms with Gasteiger partial charge in [0.25, 0.3) is 0 Å². The molecule has 0 aromatic heterocycles. The number of anilines is 1. The van der Waals surface area contributed by atoms with E-state index in [1.54, 1.807) is 0 Å². The zero-order valence-corrected chi connectivity index (χ0v) is 12.9. The molecule has 2 rings (SSSR count). The fourth-order valence-corrected chi connectivity index (χ4v) is 2.90. The van der Waals surface area contributed by atoms with E-state index in [-0.39, 0.29) is 0 Å². The van der Waals surface area contributed by atoms with Gasteiger partial charge in [0.05, 0.1) is 11.3 Å². The summed E-state index contributed by atoms with van der Waals surface area (Å²) in [7, 11) is 0. The molecule has 1 aromatic rings. The average molecular weight is 286 g/mol. The Bertz CT molecular complexity index is 468. The highest BCUT2D eigenvalue weighted by Crippen LogP contribution is 2.23. The molecule has 1 aliphatic heterocycles. The first-order valence-electron chi connectivity index (χ1n) is 7.96. The van der Waals surface area contributed by atoms with E-state index in [1.807, 2.05) is 24.3 Å². The minimum absolute atomic E-state index is 0.580. The Hall–Kier alpha value is -1.57. The summed E-state index contributed by atoms with van der Waals surface area (Å²) >= 11 is 0. The van der Waals surface area contributed by atoms with Gasteiger partial charge in [-0.05, 0) is 44.0 Å². The lowest BCUT2D eigenvalue weighted by atomic mass is 10.0. The Balaban J connectivity index is 1.85. The van der Waals surface area contributed by atoms with Gasteiger partial charge in [0.2, 0.25) is 0 Å². The van der Waals surface area contributed by atoms with Gasteiger partial charge in [-0.3, -0.25) is 0 Å². The van der Waals surface area contributed by atoms with Crippen molar-refractivity contribution in [2.45, 2.75) is 32.2 Å². The van der Waals surface area contributed by atoms with Crippen molar-refractivity contribution in [3.05, 3.63) is 29.8 Å². The monoisotopic (exact) mass is 286 g/mol. The molecular weight excluding hydrogens is 260 g/mol. The third-order valence-electron chi connectivity index (χ3n) is 4.47. The summed E-state index contributed by atoms with van der Waals surface area (Å²) in [6, 6.07) is 10.7.